The summed E-state index contributed by atoms with van der Waals surface area (Å²) in [5.74, 6) is 0.275. The highest BCUT2D eigenvalue weighted by Crippen LogP contribution is 2.17. The van der Waals surface area contributed by atoms with Crippen LogP contribution in [0.15, 0.2) is 24.3 Å². The van der Waals surface area contributed by atoms with E-state index in [0.29, 0.717) is 13.1 Å². The van der Waals surface area contributed by atoms with Crippen molar-refractivity contribution in [1.29, 1.82) is 0 Å². The Balaban J connectivity index is 1.44. The molecule has 0 saturated carbocycles. The Morgan fingerprint density at radius 1 is 1.12 bits per heavy atom. The Kier molecular flexibility index (Phi) is 6.32. The molecule has 0 aliphatic carbocycles. The van der Waals surface area contributed by atoms with Crippen LogP contribution in [0.5, 0.6) is 0 Å². The monoisotopic (exact) mass is 345 g/mol. The Labute approximate surface area is 151 Å². The standard InChI is InChI=1S/C20H31N3O2/c1-16-9-12-23(15-19(16)24)20(25)21-13-17-5-7-18(8-6-17)14-22-10-3-2-4-11-22/h5-8,16,19,24H,2-4,9-15H2,1H3,(H,21,25). The van der Waals surface area contributed by atoms with E-state index >= 15 is 0 Å². The van der Waals surface area contributed by atoms with E-state index in [2.05, 4.69) is 34.5 Å². The van der Waals surface area contributed by atoms with E-state index in [1.54, 1.807) is 4.90 Å². The number of rotatable bonds is 4. The number of aliphatic hydroxyl groups is 1. The van der Waals surface area contributed by atoms with E-state index in [-0.39, 0.29) is 11.9 Å². The largest absolute Gasteiger partial charge is 0.391 e. The molecule has 2 unspecified atom stereocenters. The average Bonchev–Trinajstić information content (AvgIpc) is 2.64. The predicted octanol–water partition coefficient (Wildman–Crippen LogP) is 2.58. The molecule has 1 aromatic rings. The van der Waals surface area contributed by atoms with Crippen molar-refractivity contribution in [2.75, 3.05) is 26.2 Å². The molecule has 5 heteroatoms. The second-order valence-corrected chi connectivity index (χ2v) is 7.59. The number of piperidine rings is 2. The van der Waals surface area contributed by atoms with Gasteiger partial charge in [-0.15, -0.1) is 0 Å². The van der Waals surface area contributed by atoms with Crippen LogP contribution in [0.3, 0.4) is 0 Å². The van der Waals surface area contributed by atoms with Crippen LogP contribution in [0.4, 0.5) is 4.79 Å². The van der Waals surface area contributed by atoms with Gasteiger partial charge in [0, 0.05) is 26.2 Å². The first-order chi connectivity index (χ1) is 12.1. The smallest absolute Gasteiger partial charge is 0.317 e. The lowest BCUT2D eigenvalue weighted by Crippen LogP contribution is -2.49. The topological polar surface area (TPSA) is 55.8 Å². The van der Waals surface area contributed by atoms with Crippen LogP contribution in [0.2, 0.25) is 0 Å². The molecular weight excluding hydrogens is 314 g/mol. The number of β-amino-alcohol motifs (C(OH)–C–C–N with tert-alkyl or cyclic N) is 1. The van der Waals surface area contributed by atoms with Gasteiger partial charge < -0.3 is 15.3 Å². The molecule has 2 aliphatic heterocycles. The fourth-order valence-corrected chi connectivity index (χ4v) is 3.66. The van der Waals surface area contributed by atoms with Gasteiger partial charge in [-0.1, -0.05) is 37.6 Å². The fourth-order valence-electron chi connectivity index (χ4n) is 3.66. The van der Waals surface area contributed by atoms with Gasteiger partial charge in [0.1, 0.15) is 0 Å². The normalized spacial score (nSPS) is 25.0. The van der Waals surface area contributed by atoms with Crippen LogP contribution in [0, 0.1) is 5.92 Å². The molecule has 138 valence electrons. The number of carbonyl (C=O) groups excluding carboxylic acids is 1. The molecule has 2 fully saturated rings. The number of nitrogens with zero attached hydrogens (tertiary/aromatic N) is 2. The summed E-state index contributed by atoms with van der Waals surface area (Å²) in [5, 5.41) is 12.9. The third-order valence-corrected chi connectivity index (χ3v) is 5.53. The van der Waals surface area contributed by atoms with Gasteiger partial charge in [0.2, 0.25) is 0 Å². The number of hydrogen-bond donors (Lipinski definition) is 2. The lowest BCUT2D eigenvalue weighted by Gasteiger charge is -2.34. The Bertz CT molecular complexity index is 555. The first-order valence-electron chi connectivity index (χ1n) is 9.63. The van der Waals surface area contributed by atoms with Crippen molar-refractivity contribution in [3.8, 4) is 0 Å². The summed E-state index contributed by atoms with van der Waals surface area (Å²) in [7, 11) is 0. The first-order valence-corrected chi connectivity index (χ1v) is 9.63. The second kappa shape index (κ2) is 8.68. The number of benzene rings is 1. The maximum absolute atomic E-state index is 12.3. The SMILES string of the molecule is CC1CCN(C(=O)NCc2ccc(CN3CCCCC3)cc2)CC1O. The quantitative estimate of drug-likeness (QED) is 0.882. The van der Waals surface area contributed by atoms with Crippen LogP contribution in [-0.4, -0.2) is 53.2 Å². The second-order valence-electron chi connectivity index (χ2n) is 7.59. The average molecular weight is 345 g/mol. The number of likely N-dealkylation sites (tertiary alicyclic amines) is 2. The highest BCUT2D eigenvalue weighted by Gasteiger charge is 2.27. The zero-order valence-electron chi connectivity index (χ0n) is 15.3. The third kappa shape index (κ3) is 5.19. The van der Waals surface area contributed by atoms with Crippen molar-refractivity contribution in [2.45, 2.75) is 51.8 Å². The maximum atomic E-state index is 12.3. The summed E-state index contributed by atoms with van der Waals surface area (Å²) >= 11 is 0. The van der Waals surface area contributed by atoms with Crippen molar-refractivity contribution in [2.24, 2.45) is 5.92 Å². The van der Waals surface area contributed by atoms with Crippen molar-refractivity contribution in [3.63, 3.8) is 0 Å². The van der Waals surface area contributed by atoms with E-state index in [1.807, 2.05) is 6.92 Å². The molecule has 2 saturated heterocycles. The summed E-state index contributed by atoms with van der Waals surface area (Å²) < 4.78 is 0. The van der Waals surface area contributed by atoms with Gasteiger partial charge in [-0.05, 0) is 49.4 Å². The molecule has 0 spiro atoms. The summed E-state index contributed by atoms with van der Waals surface area (Å²) in [6, 6.07) is 8.47. The minimum absolute atomic E-state index is 0.0802. The minimum atomic E-state index is -0.409. The molecule has 2 aliphatic rings. The molecule has 1 aromatic carbocycles. The zero-order valence-corrected chi connectivity index (χ0v) is 15.3. The van der Waals surface area contributed by atoms with E-state index in [4.69, 9.17) is 0 Å². The van der Waals surface area contributed by atoms with Gasteiger partial charge in [0.25, 0.3) is 0 Å². The maximum Gasteiger partial charge on any atom is 0.317 e. The summed E-state index contributed by atoms with van der Waals surface area (Å²) in [4.78, 5) is 16.5. The highest BCUT2D eigenvalue weighted by atomic mass is 16.3. The molecule has 25 heavy (non-hydrogen) atoms. The number of amides is 2. The van der Waals surface area contributed by atoms with E-state index < -0.39 is 6.10 Å². The van der Waals surface area contributed by atoms with Crippen LogP contribution < -0.4 is 5.32 Å². The molecule has 2 heterocycles. The first kappa shape index (κ1) is 18.2. The van der Waals surface area contributed by atoms with E-state index in [9.17, 15) is 9.90 Å². The Morgan fingerprint density at radius 2 is 1.80 bits per heavy atom. The van der Waals surface area contributed by atoms with Crippen molar-refractivity contribution >= 4 is 6.03 Å². The molecule has 2 atom stereocenters. The molecule has 5 nitrogen and oxygen atoms in total. The van der Waals surface area contributed by atoms with Crippen LogP contribution in [-0.2, 0) is 13.1 Å². The molecular formula is C20H31N3O2. The lowest BCUT2D eigenvalue weighted by molar-refractivity contribution is 0.0435. The van der Waals surface area contributed by atoms with E-state index in [0.717, 1.165) is 25.1 Å². The Morgan fingerprint density at radius 3 is 2.48 bits per heavy atom. The zero-order chi connectivity index (χ0) is 17.6. The van der Waals surface area contributed by atoms with Crippen LogP contribution in [0.1, 0.15) is 43.7 Å². The molecule has 3 rings (SSSR count). The summed E-state index contributed by atoms with van der Waals surface area (Å²) in [6.45, 7) is 7.16. The lowest BCUT2D eigenvalue weighted by atomic mass is 9.96. The predicted molar refractivity (Wildman–Crippen MR) is 99.2 cm³/mol. The summed E-state index contributed by atoms with van der Waals surface area (Å²) in [6.07, 6.45) is 4.44. The number of hydrogen-bond acceptors (Lipinski definition) is 3. The molecule has 2 N–H and O–H groups in total. The van der Waals surface area contributed by atoms with Crippen molar-refractivity contribution < 1.29 is 9.90 Å². The highest BCUT2D eigenvalue weighted by molar-refractivity contribution is 5.74. The summed E-state index contributed by atoms with van der Waals surface area (Å²) in [5.41, 5.74) is 2.45. The van der Waals surface area contributed by atoms with Crippen LogP contribution in [0.25, 0.3) is 0 Å². The van der Waals surface area contributed by atoms with Crippen molar-refractivity contribution in [1.82, 2.24) is 15.1 Å². The number of nitrogens with one attached hydrogen (secondary N) is 1. The fraction of sp³-hybridized carbons (Fsp3) is 0.650. The molecule has 2 amide bonds. The van der Waals surface area contributed by atoms with E-state index in [1.165, 1.54) is 37.9 Å². The molecule has 0 aromatic heterocycles. The van der Waals surface area contributed by atoms with Gasteiger partial charge in [0.15, 0.2) is 0 Å². The minimum Gasteiger partial charge on any atom is -0.391 e. The van der Waals surface area contributed by atoms with Gasteiger partial charge in [0.05, 0.1) is 6.10 Å². The number of carbonyl (C=O) groups is 1. The number of aliphatic hydroxyl groups excluding tert-OH is 1. The van der Waals surface area contributed by atoms with Gasteiger partial charge >= 0.3 is 6.03 Å². The number of urea groups is 1. The molecule has 0 radical (unpaired) electrons. The van der Waals surface area contributed by atoms with Gasteiger partial charge in [-0.3, -0.25) is 4.90 Å². The van der Waals surface area contributed by atoms with Crippen molar-refractivity contribution in [3.05, 3.63) is 35.4 Å². The Hall–Kier alpha value is -1.59. The molecule has 0 bridgehead atoms. The van der Waals surface area contributed by atoms with Gasteiger partial charge in [-0.25, -0.2) is 4.79 Å². The third-order valence-electron chi connectivity index (χ3n) is 5.53. The van der Waals surface area contributed by atoms with Crippen LogP contribution >= 0.6 is 0 Å². The van der Waals surface area contributed by atoms with Gasteiger partial charge in [-0.2, -0.15) is 0 Å².